The zero-order valence-electron chi connectivity index (χ0n) is 7.14. The van der Waals surface area contributed by atoms with Gasteiger partial charge < -0.3 is 5.11 Å². The number of nitrogens with zero attached hydrogens (tertiary/aromatic N) is 2. The van der Waals surface area contributed by atoms with Gasteiger partial charge in [-0.1, -0.05) is 18.2 Å². The van der Waals surface area contributed by atoms with Crippen LogP contribution in [0.25, 0.3) is 11.6 Å². The van der Waals surface area contributed by atoms with E-state index in [1.807, 2.05) is 0 Å². The van der Waals surface area contributed by atoms with Crippen molar-refractivity contribution in [2.45, 2.75) is 0 Å². The van der Waals surface area contributed by atoms with Gasteiger partial charge in [0.1, 0.15) is 11.4 Å². The number of rotatable bonds is 1. The molecule has 1 aliphatic rings. The maximum absolute atomic E-state index is 10.9. The first-order valence-corrected chi connectivity index (χ1v) is 3.98. The Morgan fingerprint density at radius 2 is 2.14 bits per heavy atom. The molecular weight excluding hydrogens is 182 g/mol. The molecule has 14 heavy (non-hydrogen) atoms. The third-order valence-electron chi connectivity index (χ3n) is 1.80. The zero-order chi connectivity index (χ0) is 9.97. The van der Waals surface area contributed by atoms with E-state index in [1.165, 1.54) is 6.08 Å². The summed E-state index contributed by atoms with van der Waals surface area (Å²) in [7, 11) is 0. The van der Waals surface area contributed by atoms with Gasteiger partial charge in [0.25, 0.3) is 0 Å². The van der Waals surface area contributed by atoms with Crippen LogP contribution in [0.2, 0.25) is 0 Å². The molecule has 0 radical (unpaired) electrons. The molecule has 1 aromatic rings. The predicted octanol–water partition coefficient (Wildman–Crippen LogP) is 0.856. The molecule has 2 rings (SSSR count). The molecule has 1 aromatic heterocycles. The molecule has 0 fully saturated rings. The highest BCUT2D eigenvalue weighted by Gasteiger charge is 2.16. The van der Waals surface area contributed by atoms with E-state index in [1.54, 1.807) is 24.3 Å². The van der Waals surface area contributed by atoms with Crippen LogP contribution in [-0.4, -0.2) is 26.5 Å². The van der Waals surface area contributed by atoms with Crippen LogP contribution in [0.3, 0.4) is 0 Å². The van der Waals surface area contributed by atoms with E-state index < -0.39 is 5.97 Å². The van der Waals surface area contributed by atoms with Crippen molar-refractivity contribution in [3.63, 3.8) is 0 Å². The third kappa shape index (κ3) is 1.35. The van der Waals surface area contributed by atoms with E-state index in [2.05, 4.69) is 15.4 Å². The van der Waals surface area contributed by atoms with Crippen molar-refractivity contribution in [3.8, 4) is 0 Å². The number of carboxylic acid groups (broad SMARTS) is 1. The van der Waals surface area contributed by atoms with Crippen LogP contribution in [0.4, 0.5) is 0 Å². The second-order valence-electron chi connectivity index (χ2n) is 2.69. The molecule has 2 N–H and O–H groups in total. The Morgan fingerprint density at radius 3 is 2.93 bits per heavy atom. The molecule has 5 nitrogen and oxygen atoms in total. The Morgan fingerprint density at radius 1 is 1.29 bits per heavy atom. The number of carbonyl (C=O) groups is 1. The molecule has 0 aliphatic heterocycles. The van der Waals surface area contributed by atoms with Crippen LogP contribution >= 0.6 is 0 Å². The fourth-order valence-corrected chi connectivity index (χ4v) is 1.17. The quantitative estimate of drug-likeness (QED) is 0.686. The minimum absolute atomic E-state index is 0.134. The summed E-state index contributed by atoms with van der Waals surface area (Å²) in [6.07, 6.45) is 8.35. The van der Waals surface area contributed by atoms with Crippen molar-refractivity contribution in [2.75, 3.05) is 0 Å². The molecule has 0 amide bonds. The van der Waals surface area contributed by atoms with Gasteiger partial charge in [-0.15, -0.1) is 0 Å². The zero-order valence-corrected chi connectivity index (χ0v) is 7.14. The van der Waals surface area contributed by atoms with Gasteiger partial charge >= 0.3 is 5.97 Å². The lowest BCUT2D eigenvalue weighted by Crippen LogP contribution is -2.01. The predicted molar refractivity (Wildman–Crippen MR) is 50.2 cm³/mol. The van der Waals surface area contributed by atoms with Crippen LogP contribution < -0.4 is 0 Å². The summed E-state index contributed by atoms with van der Waals surface area (Å²) < 4.78 is 0. The van der Waals surface area contributed by atoms with Crippen LogP contribution in [0.15, 0.2) is 24.3 Å². The molecule has 0 aromatic carbocycles. The average molecular weight is 189 g/mol. The first-order valence-electron chi connectivity index (χ1n) is 3.98. The van der Waals surface area contributed by atoms with E-state index in [9.17, 15) is 4.79 Å². The van der Waals surface area contributed by atoms with Crippen molar-refractivity contribution in [1.82, 2.24) is 15.4 Å². The van der Waals surface area contributed by atoms with Crippen LogP contribution in [0, 0.1) is 0 Å². The van der Waals surface area contributed by atoms with Crippen LogP contribution in [0.5, 0.6) is 0 Å². The molecule has 1 heterocycles. The van der Waals surface area contributed by atoms with Crippen molar-refractivity contribution in [3.05, 3.63) is 35.7 Å². The molecule has 5 heteroatoms. The Bertz CT molecular complexity index is 454. The maximum atomic E-state index is 10.9. The second kappa shape index (κ2) is 3.29. The van der Waals surface area contributed by atoms with Gasteiger partial charge in [-0.2, -0.15) is 15.4 Å². The van der Waals surface area contributed by atoms with Crippen LogP contribution in [0.1, 0.15) is 11.4 Å². The highest BCUT2D eigenvalue weighted by Crippen LogP contribution is 2.17. The van der Waals surface area contributed by atoms with Crippen LogP contribution in [-0.2, 0) is 4.79 Å². The first kappa shape index (κ1) is 8.43. The molecule has 0 bridgehead atoms. The van der Waals surface area contributed by atoms with E-state index in [0.717, 1.165) is 0 Å². The van der Waals surface area contributed by atoms with Gasteiger partial charge in [-0.25, -0.2) is 4.79 Å². The first-order chi connectivity index (χ1) is 6.79. The Labute approximate surface area is 79.5 Å². The van der Waals surface area contributed by atoms with Gasteiger partial charge in [0.2, 0.25) is 0 Å². The highest BCUT2D eigenvalue weighted by atomic mass is 16.4. The maximum Gasteiger partial charge on any atom is 0.338 e. The Hall–Kier alpha value is -2.17. The van der Waals surface area contributed by atoms with E-state index in [-0.39, 0.29) is 5.57 Å². The van der Waals surface area contributed by atoms with Crippen molar-refractivity contribution < 1.29 is 9.90 Å². The minimum Gasteiger partial charge on any atom is -0.478 e. The largest absolute Gasteiger partial charge is 0.478 e. The lowest BCUT2D eigenvalue weighted by atomic mass is 10.1. The van der Waals surface area contributed by atoms with E-state index in [4.69, 9.17) is 5.11 Å². The van der Waals surface area contributed by atoms with Gasteiger partial charge in [0.15, 0.2) is 0 Å². The number of hydrogen-bond donors (Lipinski definition) is 2. The van der Waals surface area contributed by atoms with Gasteiger partial charge in [-0.05, 0) is 12.2 Å². The molecule has 70 valence electrons. The molecule has 0 saturated carbocycles. The topological polar surface area (TPSA) is 78.9 Å². The number of allylic oxidation sites excluding steroid dienone is 4. The number of fused-ring (bicyclic) bond motifs is 1. The van der Waals surface area contributed by atoms with Crippen molar-refractivity contribution in [2.24, 2.45) is 0 Å². The monoisotopic (exact) mass is 189 g/mol. The molecule has 0 spiro atoms. The van der Waals surface area contributed by atoms with E-state index in [0.29, 0.717) is 11.4 Å². The van der Waals surface area contributed by atoms with Gasteiger partial charge in [0, 0.05) is 0 Å². The average Bonchev–Trinajstić information content (AvgIpc) is 2.51. The highest BCUT2D eigenvalue weighted by molar-refractivity contribution is 6.15. The number of aromatic amines is 1. The fraction of sp³-hybridized carbons (Fsp3) is 0. The summed E-state index contributed by atoms with van der Waals surface area (Å²) in [6, 6.07) is 0. The summed E-state index contributed by atoms with van der Waals surface area (Å²) in [5.41, 5.74) is 1.02. The number of carboxylic acids is 1. The Balaban J connectivity index is 2.59. The Kier molecular flexibility index (Phi) is 1.98. The van der Waals surface area contributed by atoms with Gasteiger partial charge in [0.05, 0.1) is 5.57 Å². The lowest BCUT2D eigenvalue weighted by molar-refractivity contribution is -0.130. The minimum atomic E-state index is -1.01. The molecule has 1 aliphatic carbocycles. The summed E-state index contributed by atoms with van der Waals surface area (Å²) in [6.45, 7) is 0. The standard InChI is InChI=1S/C9H7N3O2/c13-9(14)6-4-2-1-3-5-7-8(6)11-12-10-7/h1-5H,(H,13,14)(H,10,11,12). The van der Waals surface area contributed by atoms with Crippen molar-refractivity contribution >= 4 is 17.6 Å². The summed E-state index contributed by atoms with van der Waals surface area (Å²) >= 11 is 0. The smallest absolute Gasteiger partial charge is 0.338 e. The number of hydrogen-bond acceptors (Lipinski definition) is 3. The molecule has 0 unspecified atom stereocenters. The summed E-state index contributed by atoms with van der Waals surface area (Å²) in [5.74, 6) is -1.01. The number of aliphatic carboxylic acids is 1. The lowest BCUT2D eigenvalue weighted by Gasteiger charge is -1.98. The second-order valence-corrected chi connectivity index (χ2v) is 2.69. The molecule has 0 saturated heterocycles. The van der Waals surface area contributed by atoms with E-state index >= 15 is 0 Å². The fourth-order valence-electron chi connectivity index (χ4n) is 1.17. The number of H-pyrrole nitrogens is 1. The molecular formula is C9H7N3O2. The molecule has 0 atom stereocenters. The normalized spacial score (nSPS) is 22.4. The number of aromatic nitrogens is 3. The van der Waals surface area contributed by atoms with Gasteiger partial charge in [-0.3, -0.25) is 0 Å². The summed E-state index contributed by atoms with van der Waals surface area (Å²) in [4.78, 5) is 10.9. The van der Waals surface area contributed by atoms with Crippen molar-refractivity contribution in [1.29, 1.82) is 0 Å². The summed E-state index contributed by atoms with van der Waals surface area (Å²) in [5, 5.41) is 18.9. The number of nitrogens with one attached hydrogen (secondary N) is 1. The SMILES string of the molecule is O=C(O)/C1=C/C=C\C=C/c2n[nH]nc21. The third-order valence-corrected chi connectivity index (χ3v) is 1.80.